The normalized spacial score (nSPS) is 20.2. The number of nitrogens with zero attached hydrogens (tertiary/aromatic N) is 1. The van der Waals surface area contributed by atoms with Crippen LogP contribution in [0.3, 0.4) is 0 Å². The Bertz CT molecular complexity index is 455. The van der Waals surface area contributed by atoms with Gasteiger partial charge in [-0.25, -0.2) is 0 Å². The number of hydrogen-bond acceptors (Lipinski definition) is 2. The summed E-state index contributed by atoms with van der Waals surface area (Å²) >= 11 is 0. The van der Waals surface area contributed by atoms with E-state index in [0.717, 1.165) is 32.5 Å². The molecule has 2 rings (SSSR count). The van der Waals surface area contributed by atoms with Crippen LogP contribution in [-0.4, -0.2) is 25.7 Å². The van der Waals surface area contributed by atoms with Gasteiger partial charge in [0.25, 0.3) is 0 Å². The first-order valence-corrected chi connectivity index (χ1v) is 7.08. The summed E-state index contributed by atoms with van der Waals surface area (Å²) in [7, 11) is 0. The lowest BCUT2D eigenvalue weighted by Crippen LogP contribution is -2.45. The Hall–Kier alpha value is -1.23. The molecule has 1 atom stereocenters. The lowest BCUT2D eigenvalue weighted by Gasteiger charge is -2.35. The molecule has 0 bridgehead atoms. The molecule has 1 N–H and O–H groups in total. The highest BCUT2D eigenvalue weighted by atomic mass is 19.4. The van der Waals surface area contributed by atoms with Crippen molar-refractivity contribution in [3.05, 3.63) is 29.3 Å². The molecule has 112 valence electrons. The molecule has 1 aliphatic heterocycles. The SMILES string of the molecule is CCNC1CCCN(c2ccc(C)c(C(F)(F)F)c2)C1. The Morgan fingerprint density at radius 1 is 1.35 bits per heavy atom. The van der Waals surface area contributed by atoms with Crippen LogP contribution >= 0.6 is 0 Å². The molecule has 5 heteroatoms. The molecule has 1 unspecified atom stereocenters. The molecule has 0 aromatic heterocycles. The van der Waals surface area contributed by atoms with Crippen LogP contribution in [0.25, 0.3) is 0 Å². The smallest absolute Gasteiger partial charge is 0.370 e. The average molecular weight is 286 g/mol. The van der Waals surface area contributed by atoms with Crippen LogP contribution in [0.4, 0.5) is 18.9 Å². The number of benzene rings is 1. The van der Waals surface area contributed by atoms with E-state index in [4.69, 9.17) is 0 Å². The zero-order valence-corrected chi connectivity index (χ0v) is 11.9. The predicted molar refractivity (Wildman–Crippen MR) is 75.1 cm³/mol. The Morgan fingerprint density at radius 2 is 2.10 bits per heavy atom. The Labute approximate surface area is 118 Å². The van der Waals surface area contributed by atoms with E-state index in [-0.39, 0.29) is 5.56 Å². The van der Waals surface area contributed by atoms with E-state index in [2.05, 4.69) is 5.32 Å². The molecule has 1 aromatic rings. The summed E-state index contributed by atoms with van der Waals surface area (Å²) in [6.07, 6.45) is -2.19. The van der Waals surface area contributed by atoms with E-state index >= 15 is 0 Å². The van der Waals surface area contributed by atoms with Gasteiger partial charge in [-0.15, -0.1) is 0 Å². The molecule has 1 saturated heterocycles. The van der Waals surface area contributed by atoms with Gasteiger partial charge in [0.2, 0.25) is 0 Å². The fourth-order valence-corrected chi connectivity index (χ4v) is 2.78. The number of likely N-dealkylation sites (N-methyl/N-ethyl adjacent to an activating group) is 1. The second-order valence-corrected chi connectivity index (χ2v) is 5.34. The first-order valence-electron chi connectivity index (χ1n) is 7.08. The van der Waals surface area contributed by atoms with Crippen LogP contribution in [0.1, 0.15) is 30.9 Å². The topological polar surface area (TPSA) is 15.3 Å². The first kappa shape index (κ1) is 15.2. The lowest BCUT2D eigenvalue weighted by atomic mass is 10.0. The van der Waals surface area contributed by atoms with Crippen LogP contribution in [0, 0.1) is 6.92 Å². The zero-order valence-electron chi connectivity index (χ0n) is 11.9. The predicted octanol–water partition coefficient (Wildman–Crippen LogP) is 3.59. The maximum atomic E-state index is 13.0. The summed E-state index contributed by atoms with van der Waals surface area (Å²) in [5, 5.41) is 3.38. The maximum absolute atomic E-state index is 13.0. The third-order valence-corrected chi connectivity index (χ3v) is 3.81. The largest absolute Gasteiger partial charge is 0.416 e. The highest BCUT2D eigenvalue weighted by molar-refractivity contribution is 5.52. The van der Waals surface area contributed by atoms with E-state index in [9.17, 15) is 13.2 Å². The van der Waals surface area contributed by atoms with E-state index in [0.29, 0.717) is 11.7 Å². The van der Waals surface area contributed by atoms with Crippen molar-refractivity contribution in [3.63, 3.8) is 0 Å². The van der Waals surface area contributed by atoms with Gasteiger partial charge in [-0.1, -0.05) is 13.0 Å². The van der Waals surface area contributed by atoms with Gasteiger partial charge in [0.1, 0.15) is 0 Å². The van der Waals surface area contributed by atoms with Gasteiger partial charge >= 0.3 is 6.18 Å². The van der Waals surface area contributed by atoms with E-state index in [1.165, 1.54) is 13.0 Å². The summed E-state index contributed by atoms with van der Waals surface area (Å²) in [5.74, 6) is 0. The number of rotatable bonds is 3. The second-order valence-electron chi connectivity index (χ2n) is 5.34. The molecule has 0 saturated carbocycles. The Kier molecular flexibility index (Phi) is 4.58. The number of piperidine rings is 1. The maximum Gasteiger partial charge on any atom is 0.416 e. The number of nitrogens with one attached hydrogen (secondary N) is 1. The van der Waals surface area contributed by atoms with Crippen LogP contribution in [0.15, 0.2) is 18.2 Å². The number of halogens is 3. The molecule has 1 aliphatic rings. The van der Waals surface area contributed by atoms with Crippen molar-refractivity contribution in [2.24, 2.45) is 0 Å². The van der Waals surface area contributed by atoms with Crippen molar-refractivity contribution in [2.45, 2.75) is 38.9 Å². The third-order valence-electron chi connectivity index (χ3n) is 3.81. The minimum Gasteiger partial charge on any atom is -0.370 e. The number of alkyl halides is 3. The Balaban J connectivity index is 2.20. The molecule has 1 aromatic carbocycles. The van der Waals surface area contributed by atoms with Gasteiger partial charge in [-0.3, -0.25) is 0 Å². The summed E-state index contributed by atoms with van der Waals surface area (Å²) in [4.78, 5) is 2.05. The molecule has 1 fully saturated rings. The number of hydrogen-bond donors (Lipinski definition) is 1. The van der Waals surface area contributed by atoms with Crippen molar-refractivity contribution in [2.75, 3.05) is 24.5 Å². The van der Waals surface area contributed by atoms with Crippen molar-refractivity contribution >= 4 is 5.69 Å². The monoisotopic (exact) mass is 286 g/mol. The van der Waals surface area contributed by atoms with Gasteiger partial charge in [-0.05, 0) is 44.0 Å². The van der Waals surface area contributed by atoms with Crippen molar-refractivity contribution < 1.29 is 13.2 Å². The van der Waals surface area contributed by atoms with Crippen LogP contribution in [0.2, 0.25) is 0 Å². The molecule has 20 heavy (non-hydrogen) atoms. The van der Waals surface area contributed by atoms with Gasteiger partial charge in [-0.2, -0.15) is 13.2 Å². The summed E-state index contributed by atoms with van der Waals surface area (Å²) in [6.45, 7) is 6.04. The molecule has 0 aliphatic carbocycles. The summed E-state index contributed by atoms with van der Waals surface area (Å²) < 4.78 is 38.9. The van der Waals surface area contributed by atoms with Crippen molar-refractivity contribution in [3.8, 4) is 0 Å². The van der Waals surface area contributed by atoms with E-state index in [1.54, 1.807) is 12.1 Å². The third kappa shape index (κ3) is 3.45. The van der Waals surface area contributed by atoms with Crippen LogP contribution in [0.5, 0.6) is 0 Å². The highest BCUT2D eigenvalue weighted by Gasteiger charge is 2.33. The Morgan fingerprint density at radius 3 is 2.75 bits per heavy atom. The van der Waals surface area contributed by atoms with Crippen molar-refractivity contribution in [1.29, 1.82) is 0 Å². The molecular formula is C15H21F3N2. The molecule has 0 radical (unpaired) electrons. The number of anilines is 1. The van der Waals surface area contributed by atoms with Gasteiger partial charge < -0.3 is 10.2 Å². The minimum atomic E-state index is -4.28. The molecular weight excluding hydrogens is 265 g/mol. The van der Waals surface area contributed by atoms with Gasteiger partial charge in [0.05, 0.1) is 5.56 Å². The van der Waals surface area contributed by atoms with Crippen LogP contribution in [-0.2, 0) is 6.18 Å². The molecule has 0 spiro atoms. The lowest BCUT2D eigenvalue weighted by molar-refractivity contribution is -0.138. The van der Waals surface area contributed by atoms with E-state index in [1.807, 2.05) is 11.8 Å². The summed E-state index contributed by atoms with van der Waals surface area (Å²) in [5.41, 5.74) is 0.424. The summed E-state index contributed by atoms with van der Waals surface area (Å²) in [6, 6.07) is 5.00. The number of aryl methyl sites for hydroxylation is 1. The fourth-order valence-electron chi connectivity index (χ4n) is 2.78. The van der Waals surface area contributed by atoms with Crippen LogP contribution < -0.4 is 10.2 Å². The average Bonchev–Trinajstić information content (AvgIpc) is 2.38. The van der Waals surface area contributed by atoms with Gasteiger partial charge in [0, 0.05) is 24.8 Å². The highest BCUT2D eigenvalue weighted by Crippen LogP contribution is 2.34. The van der Waals surface area contributed by atoms with Gasteiger partial charge in [0.15, 0.2) is 0 Å². The minimum absolute atomic E-state index is 0.279. The molecule has 1 heterocycles. The standard InChI is InChI=1S/C15H21F3N2/c1-3-19-12-5-4-8-20(10-12)13-7-6-11(2)14(9-13)15(16,17)18/h6-7,9,12,19H,3-5,8,10H2,1-2H3. The molecule has 0 amide bonds. The first-order chi connectivity index (χ1) is 9.41. The van der Waals surface area contributed by atoms with E-state index < -0.39 is 11.7 Å². The van der Waals surface area contributed by atoms with Crippen molar-refractivity contribution in [1.82, 2.24) is 5.32 Å². The zero-order chi connectivity index (χ0) is 14.8. The second kappa shape index (κ2) is 6.04. The molecule has 2 nitrogen and oxygen atoms in total. The fraction of sp³-hybridized carbons (Fsp3) is 0.600. The quantitative estimate of drug-likeness (QED) is 0.913.